The number of hydrogen-bond acceptors (Lipinski definition) is 1. The maximum Gasteiger partial charge on any atom is 0.255 e. The molecule has 136 valence electrons. The van der Waals surface area contributed by atoms with Gasteiger partial charge < -0.3 is 9.88 Å². The van der Waals surface area contributed by atoms with E-state index in [1.54, 1.807) is 12.1 Å². The van der Waals surface area contributed by atoms with Crippen molar-refractivity contribution in [1.82, 2.24) is 9.88 Å². The maximum absolute atomic E-state index is 13.1. The van der Waals surface area contributed by atoms with Crippen molar-refractivity contribution in [3.63, 3.8) is 0 Å². The molecule has 0 saturated heterocycles. The number of H-pyrrole nitrogens is 1. The number of aromatic nitrogens is 1. The minimum absolute atomic E-state index is 0.0282. The predicted molar refractivity (Wildman–Crippen MR) is 106 cm³/mol. The number of benzene rings is 2. The summed E-state index contributed by atoms with van der Waals surface area (Å²) in [7, 11) is 0. The number of amides is 1. The lowest BCUT2D eigenvalue weighted by molar-refractivity contribution is 0.0772. The Labute approximate surface area is 158 Å². The number of hydrogen-bond donors (Lipinski definition) is 1. The number of carbonyl (C=O) groups excluding carboxylic acids is 1. The molecule has 0 radical (unpaired) electrons. The molecule has 0 saturated carbocycles. The van der Waals surface area contributed by atoms with Crippen LogP contribution >= 0.6 is 0 Å². The number of carbonyl (C=O) groups is 1. The zero-order valence-electron chi connectivity index (χ0n) is 15.2. The Bertz CT molecular complexity index is 987. The van der Waals surface area contributed by atoms with Crippen LogP contribution in [0.2, 0.25) is 0 Å². The van der Waals surface area contributed by atoms with Crippen molar-refractivity contribution in [3.8, 4) is 11.3 Å². The summed E-state index contributed by atoms with van der Waals surface area (Å²) in [6.07, 6.45) is 2.99. The van der Waals surface area contributed by atoms with Crippen LogP contribution in [0, 0.1) is 12.7 Å². The van der Waals surface area contributed by atoms with Gasteiger partial charge in [0.25, 0.3) is 5.91 Å². The molecule has 0 bridgehead atoms. The van der Waals surface area contributed by atoms with Crippen LogP contribution in [-0.2, 0) is 0 Å². The van der Waals surface area contributed by atoms with E-state index < -0.39 is 0 Å². The van der Waals surface area contributed by atoms with Gasteiger partial charge in [-0.1, -0.05) is 36.4 Å². The molecule has 1 aromatic heterocycles. The lowest BCUT2D eigenvalue weighted by Crippen LogP contribution is -2.34. The zero-order valence-corrected chi connectivity index (χ0v) is 15.2. The minimum Gasteiger partial charge on any atom is -0.358 e. The summed E-state index contributed by atoms with van der Waals surface area (Å²) in [6.45, 7) is 3.21. The van der Waals surface area contributed by atoms with E-state index in [2.05, 4.69) is 23.2 Å². The van der Waals surface area contributed by atoms with E-state index in [1.165, 1.54) is 23.3 Å². The van der Waals surface area contributed by atoms with Gasteiger partial charge in [0.1, 0.15) is 5.82 Å². The second kappa shape index (κ2) is 7.23. The van der Waals surface area contributed by atoms with Gasteiger partial charge in [-0.2, -0.15) is 0 Å². The van der Waals surface area contributed by atoms with Crippen molar-refractivity contribution in [2.45, 2.75) is 13.3 Å². The van der Waals surface area contributed by atoms with Crippen molar-refractivity contribution in [2.75, 3.05) is 13.1 Å². The first-order chi connectivity index (χ1) is 13.1. The molecule has 2 heterocycles. The van der Waals surface area contributed by atoms with E-state index in [1.807, 2.05) is 36.1 Å². The van der Waals surface area contributed by atoms with Gasteiger partial charge in [0.15, 0.2) is 0 Å². The molecule has 0 spiro atoms. The summed E-state index contributed by atoms with van der Waals surface area (Å²) in [5.74, 6) is -0.242. The molecule has 4 heteroatoms. The SMILES string of the molecule is Cc1[nH]c(-c2ccc(F)cc2)cc1C(=O)N1CC=C(c2ccccc2)CC1. The quantitative estimate of drug-likeness (QED) is 0.696. The van der Waals surface area contributed by atoms with Crippen LogP contribution in [0.5, 0.6) is 0 Å². The van der Waals surface area contributed by atoms with Gasteiger partial charge in [-0.25, -0.2) is 4.39 Å². The monoisotopic (exact) mass is 360 g/mol. The Morgan fingerprint density at radius 1 is 1.04 bits per heavy atom. The fourth-order valence-electron chi connectivity index (χ4n) is 3.50. The number of halogens is 1. The van der Waals surface area contributed by atoms with Crippen molar-refractivity contribution >= 4 is 11.5 Å². The summed E-state index contributed by atoms with van der Waals surface area (Å²) in [6, 6.07) is 18.4. The molecule has 0 aliphatic carbocycles. The number of nitrogens with one attached hydrogen (secondary N) is 1. The fraction of sp³-hybridized carbons (Fsp3) is 0.174. The molecular weight excluding hydrogens is 339 g/mol. The van der Waals surface area contributed by atoms with Gasteiger partial charge >= 0.3 is 0 Å². The summed E-state index contributed by atoms with van der Waals surface area (Å²) in [5.41, 5.74) is 5.71. The smallest absolute Gasteiger partial charge is 0.255 e. The van der Waals surface area contributed by atoms with E-state index in [0.717, 1.165) is 23.4 Å². The average molecular weight is 360 g/mol. The molecule has 1 N–H and O–H groups in total. The summed E-state index contributed by atoms with van der Waals surface area (Å²) in [4.78, 5) is 18.1. The van der Waals surface area contributed by atoms with E-state index in [4.69, 9.17) is 0 Å². The second-order valence-electron chi connectivity index (χ2n) is 6.83. The Kier molecular flexibility index (Phi) is 4.63. The highest BCUT2D eigenvalue weighted by atomic mass is 19.1. The molecule has 1 amide bonds. The van der Waals surface area contributed by atoms with Gasteiger partial charge in [-0.05, 0) is 60.4 Å². The molecule has 3 aromatic rings. The topological polar surface area (TPSA) is 36.1 Å². The maximum atomic E-state index is 13.1. The molecule has 0 unspecified atom stereocenters. The molecule has 27 heavy (non-hydrogen) atoms. The van der Waals surface area contributed by atoms with E-state index in [9.17, 15) is 9.18 Å². The lowest BCUT2D eigenvalue weighted by atomic mass is 9.99. The highest BCUT2D eigenvalue weighted by Crippen LogP contribution is 2.26. The van der Waals surface area contributed by atoms with E-state index in [-0.39, 0.29) is 11.7 Å². The first-order valence-corrected chi connectivity index (χ1v) is 9.11. The fourth-order valence-corrected chi connectivity index (χ4v) is 3.50. The van der Waals surface area contributed by atoms with Crippen molar-refractivity contribution < 1.29 is 9.18 Å². The largest absolute Gasteiger partial charge is 0.358 e. The van der Waals surface area contributed by atoms with Crippen LogP contribution in [0.25, 0.3) is 16.8 Å². The highest BCUT2D eigenvalue weighted by Gasteiger charge is 2.22. The molecule has 1 aliphatic rings. The minimum atomic E-state index is -0.271. The zero-order chi connectivity index (χ0) is 18.8. The normalized spacial score (nSPS) is 14.1. The standard InChI is InChI=1S/C23H21FN2O/c1-16-21(15-22(25-16)19-7-9-20(24)10-8-19)23(27)26-13-11-18(12-14-26)17-5-3-2-4-6-17/h2-11,15,25H,12-14H2,1H3. The van der Waals surface area contributed by atoms with E-state index >= 15 is 0 Å². The second-order valence-corrected chi connectivity index (χ2v) is 6.83. The van der Waals surface area contributed by atoms with Gasteiger partial charge in [0.05, 0.1) is 5.56 Å². The molecule has 2 aromatic carbocycles. The molecule has 4 rings (SSSR count). The molecule has 0 atom stereocenters. The predicted octanol–water partition coefficient (Wildman–Crippen LogP) is 5.06. The van der Waals surface area contributed by atoms with Gasteiger partial charge in [-0.3, -0.25) is 4.79 Å². The average Bonchev–Trinajstić information content (AvgIpc) is 3.10. The van der Waals surface area contributed by atoms with Gasteiger partial charge in [0, 0.05) is 24.5 Å². The Morgan fingerprint density at radius 2 is 1.78 bits per heavy atom. The van der Waals surface area contributed by atoms with Crippen LogP contribution in [0.4, 0.5) is 4.39 Å². The third-order valence-electron chi connectivity index (χ3n) is 5.04. The van der Waals surface area contributed by atoms with Crippen molar-refractivity contribution in [1.29, 1.82) is 0 Å². The van der Waals surface area contributed by atoms with Crippen molar-refractivity contribution in [2.24, 2.45) is 0 Å². The summed E-state index contributed by atoms with van der Waals surface area (Å²) in [5, 5.41) is 0. The Balaban J connectivity index is 1.52. The highest BCUT2D eigenvalue weighted by molar-refractivity contribution is 5.97. The number of rotatable bonds is 3. The van der Waals surface area contributed by atoms with Crippen LogP contribution in [-0.4, -0.2) is 28.9 Å². The number of nitrogens with zero attached hydrogens (tertiary/aromatic N) is 1. The molecule has 1 aliphatic heterocycles. The molecule has 3 nitrogen and oxygen atoms in total. The van der Waals surface area contributed by atoms with Crippen LogP contribution < -0.4 is 0 Å². The van der Waals surface area contributed by atoms with Crippen molar-refractivity contribution in [3.05, 3.63) is 89.4 Å². The first-order valence-electron chi connectivity index (χ1n) is 9.11. The Hall–Kier alpha value is -3.14. The molecule has 0 fully saturated rings. The number of aromatic amines is 1. The van der Waals surface area contributed by atoms with Crippen LogP contribution in [0.3, 0.4) is 0 Å². The first kappa shape index (κ1) is 17.3. The Morgan fingerprint density at radius 3 is 2.44 bits per heavy atom. The molecular formula is C23H21FN2O. The third-order valence-corrected chi connectivity index (χ3v) is 5.04. The third kappa shape index (κ3) is 3.56. The summed E-state index contributed by atoms with van der Waals surface area (Å²) < 4.78 is 13.1. The lowest BCUT2D eigenvalue weighted by Gasteiger charge is -2.26. The van der Waals surface area contributed by atoms with Gasteiger partial charge in [-0.15, -0.1) is 0 Å². The summed E-state index contributed by atoms with van der Waals surface area (Å²) >= 11 is 0. The number of aryl methyl sites for hydroxylation is 1. The van der Waals surface area contributed by atoms with Gasteiger partial charge in [0.2, 0.25) is 0 Å². The van der Waals surface area contributed by atoms with Crippen LogP contribution in [0.15, 0.2) is 66.7 Å². The van der Waals surface area contributed by atoms with E-state index in [0.29, 0.717) is 18.7 Å². The van der Waals surface area contributed by atoms with Crippen LogP contribution in [0.1, 0.15) is 28.0 Å².